The van der Waals surface area contributed by atoms with E-state index in [4.69, 9.17) is 4.74 Å². The van der Waals surface area contributed by atoms with Crippen LogP contribution in [-0.2, 0) is 14.8 Å². The van der Waals surface area contributed by atoms with Crippen molar-refractivity contribution < 1.29 is 22.9 Å². The molecule has 0 aliphatic rings. The largest absolute Gasteiger partial charge is 0.495 e. The molecule has 0 bridgehead atoms. The van der Waals surface area contributed by atoms with Gasteiger partial charge >= 0.3 is 0 Å². The van der Waals surface area contributed by atoms with E-state index >= 15 is 0 Å². The topological polar surface area (TPSA) is 119 Å². The minimum Gasteiger partial charge on any atom is -0.495 e. The predicted octanol–water partition coefficient (Wildman–Crippen LogP) is 3.40. The SMILES string of the molecule is CCC(C(=O)Nc1cc(C)cc(C)c1)N(c1cc([N+](=O)[O-])ccc1OC)S(C)(=O)=O. The predicted molar refractivity (Wildman–Crippen MR) is 116 cm³/mol. The molecule has 2 aromatic rings. The van der Waals surface area contributed by atoms with E-state index in [0.29, 0.717) is 5.69 Å². The van der Waals surface area contributed by atoms with Crippen LogP contribution < -0.4 is 14.4 Å². The maximum absolute atomic E-state index is 13.1. The van der Waals surface area contributed by atoms with E-state index in [1.54, 1.807) is 19.1 Å². The van der Waals surface area contributed by atoms with Crippen molar-refractivity contribution in [2.24, 2.45) is 0 Å². The first-order valence-electron chi connectivity index (χ1n) is 9.19. The van der Waals surface area contributed by atoms with Crippen LogP contribution in [0.2, 0.25) is 0 Å². The molecule has 0 radical (unpaired) electrons. The number of anilines is 2. The van der Waals surface area contributed by atoms with Gasteiger partial charge in [0.2, 0.25) is 15.9 Å². The Balaban J connectivity index is 2.55. The highest BCUT2D eigenvalue weighted by atomic mass is 32.2. The zero-order valence-electron chi connectivity index (χ0n) is 17.5. The van der Waals surface area contributed by atoms with Gasteiger partial charge in [-0.3, -0.25) is 19.2 Å². The van der Waals surface area contributed by atoms with Crippen LogP contribution in [0.3, 0.4) is 0 Å². The van der Waals surface area contributed by atoms with Gasteiger partial charge < -0.3 is 10.1 Å². The number of aryl methyl sites for hydroxylation is 2. The second-order valence-electron chi connectivity index (χ2n) is 6.96. The Labute approximate surface area is 175 Å². The van der Waals surface area contributed by atoms with Crippen molar-refractivity contribution in [2.45, 2.75) is 33.2 Å². The minimum atomic E-state index is -3.99. The van der Waals surface area contributed by atoms with Crippen LogP contribution in [0.5, 0.6) is 5.75 Å². The van der Waals surface area contributed by atoms with Gasteiger partial charge in [0, 0.05) is 17.8 Å². The average molecular weight is 436 g/mol. The van der Waals surface area contributed by atoms with E-state index in [1.807, 2.05) is 19.9 Å². The van der Waals surface area contributed by atoms with E-state index in [2.05, 4.69) is 5.32 Å². The standard InChI is InChI=1S/C20H25N3O6S/c1-6-17(20(24)21-15-10-13(2)9-14(3)11-15)22(30(5,27)28)18-12-16(23(25)26)7-8-19(18)29-4/h7-12,17H,6H2,1-5H3,(H,21,24). The fourth-order valence-electron chi connectivity index (χ4n) is 3.27. The highest BCUT2D eigenvalue weighted by Gasteiger charge is 2.34. The van der Waals surface area contributed by atoms with Crippen molar-refractivity contribution in [1.29, 1.82) is 0 Å². The Kier molecular flexibility index (Phi) is 7.04. The van der Waals surface area contributed by atoms with Crippen LogP contribution in [0, 0.1) is 24.0 Å². The molecule has 0 spiro atoms. The molecule has 1 unspecified atom stereocenters. The first kappa shape index (κ1) is 23.1. The molecule has 2 rings (SSSR count). The first-order valence-corrected chi connectivity index (χ1v) is 11.0. The lowest BCUT2D eigenvalue weighted by molar-refractivity contribution is -0.384. The van der Waals surface area contributed by atoms with Gasteiger partial charge in [0.1, 0.15) is 17.5 Å². The van der Waals surface area contributed by atoms with Gasteiger partial charge in [-0.2, -0.15) is 0 Å². The Hall–Kier alpha value is -3.14. The Morgan fingerprint density at radius 3 is 2.27 bits per heavy atom. The van der Waals surface area contributed by atoms with Gasteiger partial charge in [-0.1, -0.05) is 13.0 Å². The van der Waals surface area contributed by atoms with Gasteiger partial charge in [-0.15, -0.1) is 0 Å². The molecule has 10 heteroatoms. The molecule has 0 heterocycles. The number of hydrogen-bond donors (Lipinski definition) is 1. The Morgan fingerprint density at radius 1 is 1.20 bits per heavy atom. The zero-order chi connectivity index (χ0) is 22.6. The van der Waals surface area contributed by atoms with Crippen molar-refractivity contribution in [1.82, 2.24) is 0 Å². The second kappa shape index (κ2) is 9.12. The molecule has 162 valence electrons. The molecular weight excluding hydrogens is 410 g/mol. The molecule has 1 amide bonds. The summed E-state index contributed by atoms with van der Waals surface area (Å²) in [6.45, 7) is 5.43. The number of carbonyl (C=O) groups is 1. The fourth-order valence-corrected chi connectivity index (χ4v) is 4.48. The highest BCUT2D eigenvalue weighted by molar-refractivity contribution is 7.92. The van der Waals surface area contributed by atoms with Crippen molar-refractivity contribution in [3.05, 3.63) is 57.6 Å². The Bertz CT molecular complexity index is 1050. The van der Waals surface area contributed by atoms with Crippen molar-refractivity contribution in [2.75, 3.05) is 23.0 Å². The number of non-ortho nitro benzene ring substituents is 1. The molecule has 0 fully saturated rings. The van der Waals surface area contributed by atoms with Crippen molar-refractivity contribution in [3.8, 4) is 5.75 Å². The summed E-state index contributed by atoms with van der Waals surface area (Å²) in [7, 11) is -2.67. The number of hydrogen-bond acceptors (Lipinski definition) is 6. The molecule has 30 heavy (non-hydrogen) atoms. The number of amides is 1. The molecule has 0 aliphatic carbocycles. The lowest BCUT2D eigenvalue weighted by atomic mass is 10.1. The van der Waals surface area contributed by atoms with E-state index in [9.17, 15) is 23.3 Å². The van der Waals surface area contributed by atoms with Crippen LogP contribution in [-0.4, -0.2) is 38.7 Å². The maximum atomic E-state index is 13.1. The number of methoxy groups -OCH3 is 1. The van der Waals surface area contributed by atoms with Gasteiger partial charge in [0.05, 0.1) is 18.3 Å². The van der Waals surface area contributed by atoms with E-state index in [-0.39, 0.29) is 23.5 Å². The minimum absolute atomic E-state index is 0.0726. The molecule has 0 aliphatic heterocycles. The number of nitro benzene ring substituents is 1. The summed E-state index contributed by atoms with van der Waals surface area (Å²) in [5.41, 5.74) is 2.04. The first-order chi connectivity index (χ1) is 14.0. The molecule has 0 saturated carbocycles. The lowest BCUT2D eigenvalue weighted by Gasteiger charge is -2.31. The number of nitrogens with zero attached hydrogens (tertiary/aromatic N) is 2. The number of rotatable bonds is 8. The quantitative estimate of drug-likeness (QED) is 0.501. The molecule has 0 aromatic heterocycles. The zero-order valence-corrected chi connectivity index (χ0v) is 18.3. The number of nitrogens with one attached hydrogen (secondary N) is 1. The lowest BCUT2D eigenvalue weighted by Crippen LogP contribution is -2.47. The maximum Gasteiger partial charge on any atom is 0.271 e. The summed E-state index contributed by atoms with van der Waals surface area (Å²) in [4.78, 5) is 23.6. The van der Waals surface area contributed by atoms with Crippen LogP contribution >= 0.6 is 0 Å². The van der Waals surface area contributed by atoms with Crippen LogP contribution in [0.1, 0.15) is 24.5 Å². The van der Waals surface area contributed by atoms with Crippen LogP contribution in [0.25, 0.3) is 0 Å². The molecule has 9 nitrogen and oxygen atoms in total. The third-order valence-corrected chi connectivity index (χ3v) is 5.60. The summed E-state index contributed by atoms with van der Waals surface area (Å²) in [5.74, 6) is -0.454. The molecule has 0 saturated heterocycles. The average Bonchev–Trinajstić information content (AvgIpc) is 2.63. The third-order valence-electron chi connectivity index (χ3n) is 4.43. The summed E-state index contributed by atoms with van der Waals surface area (Å²) >= 11 is 0. The summed E-state index contributed by atoms with van der Waals surface area (Å²) in [6.07, 6.45) is 1.08. The van der Waals surface area contributed by atoms with Crippen molar-refractivity contribution >= 4 is 33.0 Å². The summed E-state index contributed by atoms with van der Waals surface area (Å²) < 4.78 is 31.4. The van der Waals surface area contributed by atoms with Crippen molar-refractivity contribution in [3.63, 3.8) is 0 Å². The highest BCUT2D eigenvalue weighted by Crippen LogP contribution is 2.35. The number of nitro groups is 1. The van der Waals surface area contributed by atoms with Gasteiger partial charge in [0.15, 0.2) is 0 Å². The van der Waals surface area contributed by atoms with E-state index in [1.165, 1.54) is 19.2 Å². The smallest absolute Gasteiger partial charge is 0.271 e. The number of ether oxygens (including phenoxy) is 1. The summed E-state index contributed by atoms with van der Waals surface area (Å²) in [5, 5.41) is 14.0. The monoisotopic (exact) mass is 435 g/mol. The number of benzene rings is 2. The van der Waals surface area contributed by atoms with Gasteiger partial charge in [-0.25, -0.2) is 8.42 Å². The fraction of sp³-hybridized carbons (Fsp3) is 0.350. The summed E-state index contributed by atoms with van der Waals surface area (Å²) in [6, 6.07) is 7.96. The molecule has 2 aromatic carbocycles. The van der Waals surface area contributed by atoms with Gasteiger partial charge in [-0.05, 0) is 49.6 Å². The Morgan fingerprint density at radius 2 is 1.80 bits per heavy atom. The van der Waals surface area contributed by atoms with Crippen LogP contribution in [0.4, 0.5) is 17.1 Å². The third kappa shape index (κ3) is 5.26. The second-order valence-corrected chi connectivity index (χ2v) is 8.82. The molecule has 1 N–H and O–H groups in total. The molecule has 1 atom stereocenters. The normalized spacial score (nSPS) is 12.2. The van der Waals surface area contributed by atoms with E-state index in [0.717, 1.165) is 27.8 Å². The van der Waals surface area contributed by atoms with Crippen LogP contribution in [0.15, 0.2) is 36.4 Å². The van der Waals surface area contributed by atoms with Gasteiger partial charge in [0.25, 0.3) is 5.69 Å². The number of carbonyl (C=O) groups excluding carboxylic acids is 1. The number of sulfonamides is 1. The molecular formula is C20H25N3O6S. The van der Waals surface area contributed by atoms with E-state index < -0.39 is 26.9 Å².